The fraction of sp³-hybridized carbons (Fsp3) is 0.382. The zero-order chi connectivity index (χ0) is 31.4. The van der Waals surface area contributed by atoms with Crippen LogP contribution in [0, 0.1) is 12.7 Å². The molecule has 4 heterocycles. The Balaban J connectivity index is 1.64. The highest BCUT2D eigenvalue weighted by Crippen LogP contribution is 2.42. The summed E-state index contributed by atoms with van der Waals surface area (Å²) >= 11 is 6.84. The predicted molar refractivity (Wildman–Crippen MR) is 172 cm³/mol. The van der Waals surface area contributed by atoms with Gasteiger partial charge in [-0.3, -0.25) is 9.78 Å². The summed E-state index contributed by atoms with van der Waals surface area (Å²) in [6, 6.07) is 9.76. The minimum Gasteiger partial charge on any atom is -0.349 e. The number of hydrogen-bond donors (Lipinski definition) is 0. The van der Waals surface area contributed by atoms with Crippen LogP contribution in [0.25, 0.3) is 28.0 Å². The number of anilines is 1. The summed E-state index contributed by atoms with van der Waals surface area (Å²) in [5.41, 5.74) is 3.62. The number of aromatic nitrogens is 4. The number of nitrogens with zero attached hydrogens (tertiary/aromatic N) is 6. The molecule has 2 fully saturated rings. The van der Waals surface area contributed by atoms with Crippen LogP contribution in [0.15, 0.2) is 53.8 Å². The molecular weight excluding hydrogens is 579 g/mol. The van der Waals surface area contributed by atoms with E-state index < -0.39 is 11.5 Å². The SMILES string of the molecule is C=CC(=O)N1CC(C)N(c2nc(=O)n(-c3c(C)cc(C4CC4)nc3C(C)C)c3nc(-c4ccccc4F)c(Cl)cc23)CC1C. The van der Waals surface area contributed by atoms with Gasteiger partial charge in [0.1, 0.15) is 11.6 Å². The largest absolute Gasteiger partial charge is 0.355 e. The van der Waals surface area contributed by atoms with Crippen LogP contribution in [-0.2, 0) is 4.79 Å². The van der Waals surface area contributed by atoms with Gasteiger partial charge in [0.25, 0.3) is 0 Å². The Morgan fingerprint density at radius 2 is 1.82 bits per heavy atom. The van der Waals surface area contributed by atoms with Crippen LogP contribution in [-0.4, -0.2) is 55.5 Å². The van der Waals surface area contributed by atoms with Gasteiger partial charge in [-0.25, -0.2) is 18.7 Å². The summed E-state index contributed by atoms with van der Waals surface area (Å²) in [7, 11) is 0. The molecule has 0 bridgehead atoms. The lowest BCUT2D eigenvalue weighted by Gasteiger charge is -2.44. The number of rotatable bonds is 6. The topological polar surface area (TPSA) is 84.2 Å². The zero-order valence-electron chi connectivity index (χ0n) is 25.6. The van der Waals surface area contributed by atoms with Crippen molar-refractivity contribution in [2.75, 3.05) is 18.0 Å². The van der Waals surface area contributed by atoms with Crippen LogP contribution in [0.2, 0.25) is 5.02 Å². The van der Waals surface area contributed by atoms with Crippen LogP contribution in [0.4, 0.5) is 10.2 Å². The third-order valence-electron chi connectivity index (χ3n) is 8.64. The van der Waals surface area contributed by atoms with E-state index >= 15 is 4.39 Å². The van der Waals surface area contributed by atoms with Crippen molar-refractivity contribution in [3.63, 3.8) is 0 Å². The minimum absolute atomic E-state index is 0.0127. The molecule has 1 saturated carbocycles. The van der Waals surface area contributed by atoms with Crippen LogP contribution >= 0.6 is 11.6 Å². The molecule has 1 aromatic carbocycles. The number of benzene rings is 1. The maximum Gasteiger partial charge on any atom is 0.355 e. The highest BCUT2D eigenvalue weighted by molar-refractivity contribution is 6.33. The van der Waals surface area contributed by atoms with E-state index in [1.165, 1.54) is 16.7 Å². The first kappa shape index (κ1) is 29.9. The van der Waals surface area contributed by atoms with Crippen molar-refractivity contribution in [3.8, 4) is 16.9 Å². The summed E-state index contributed by atoms with van der Waals surface area (Å²) in [6.45, 7) is 14.5. The highest BCUT2D eigenvalue weighted by Gasteiger charge is 2.34. The first-order chi connectivity index (χ1) is 21.0. The molecule has 8 nitrogen and oxygen atoms in total. The molecule has 10 heteroatoms. The fourth-order valence-corrected chi connectivity index (χ4v) is 6.47. The van der Waals surface area contributed by atoms with E-state index in [0.29, 0.717) is 41.5 Å². The second-order valence-electron chi connectivity index (χ2n) is 12.3. The molecule has 0 radical (unpaired) electrons. The molecule has 1 amide bonds. The maximum atomic E-state index is 15.1. The van der Waals surface area contributed by atoms with E-state index in [4.69, 9.17) is 21.6 Å². The molecule has 0 spiro atoms. The van der Waals surface area contributed by atoms with Gasteiger partial charge in [-0.05, 0) is 75.4 Å². The van der Waals surface area contributed by atoms with E-state index in [1.54, 1.807) is 29.2 Å². The van der Waals surface area contributed by atoms with Crippen molar-refractivity contribution in [2.24, 2.45) is 0 Å². The Labute approximate surface area is 261 Å². The van der Waals surface area contributed by atoms with Gasteiger partial charge in [-0.2, -0.15) is 4.98 Å². The fourth-order valence-electron chi connectivity index (χ4n) is 6.21. The van der Waals surface area contributed by atoms with Gasteiger partial charge in [-0.1, -0.05) is 44.2 Å². The summed E-state index contributed by atoms with van der Waals surface area (Å²) in [4.78, 5) is 45.2. The third kappa shape index (κ3) is 5.17. The minimum atomic E-state index is -0.516. The van der Waals surface area contributed by atoms with Crippen molar-refractivity contribution < 1.29 is 9.18 Å². The average molecular weight is 615 g/mol. The summed E-state index contributed by atoms with van der Waals surface area (Å²) in [5.74, 6) is 0.263. The molecule has 1 aliphatic heterocycles. The first-order valence-electron chi connectivity index (χ1n) is 15.1. The van der Waals surface area contributed by atoms with Gasteiger partial charge >= 0.3 is 5.69 Å². The number of carbonyl (C=O) groups excluding carboxylic acids is 1. The third-order valence-corrected chi connectivity index (χ3v) is 8.93. The molecule has 1 saturated heterocycles. The summed E-state index contributed by atoms with van der Waals surface area (Å²) in [5, 5.41) is 0.789. The van der Waals surface area contributed by atoms with Crippen molar-refractivity contribution in [1.82, 2.24) is 24.4 Å². The van der Waals surface area contributed by atoms with E-state index in [-0.39, 0.29) is 40.2 Å². The number of fused-ring (bicyclic) bond motifs is 1. The Morgan fingerprint density at radius 3 is 2.48 bits per heavy atom. The number of hydrogen-bond acceptors (Lipinski definition) is 6. The molecule has 6 rings (SSSR count). The van der Waals surface area contributed by atoms with Crippen molar-refractivity contribution in [3.05, 3.63) is 87.3 Å². The number of pyridine rings is 2. The molecule has 2 aliphatic rings. The van der Waals surface area contributed by atoms with Crippen LogP contribution < -0.4 is 10.6 Å². The van der Waals surface area contributed by atoms with Crippen LogP contribution in [0.5, 0.6) is 0 Å². The monoisotopic (exact) mass is 614 g/mol. The maximum absolute atomic E-state index is 15.1. The zero-order valence-corrected chi connectivity index (χ0v) is 26.4. The lowest BCUT2D eigenvalue weighted by Crippen LogP contribution is -2.58. The normalized spacial score (nSPS) is 18.7. The second-order valence-corrected chi connectivity index (χ2v) is 12.7. The lowest BCUT2D eigenvalue weighted by molar-refractivity contribution is -0.128. The van der Waals surface area contributed by atoms with E-state index in [1.807, 2.05) is 25.7 Å². The number of amides is 1. The van der Waals surface area contributed by atoms with E-state index in [2.05, 4.69) is 31.5 Å². The van der Waals surface area contributed by atoms with Gasteiger partial charge in [0, 0.05) is 42.3 Å². The van der Waals surface area contributed by atoms with E-state index in [9.17, 15) is 9.59 Å². The number of carbonyl (C=O) groups is 1. The second kappa shape index (κ2) is 11.4. The Morgan fingerprint density at radius 1 is 1.09 bits per heavy atom. The molecule has 3 aromatic heterocycles. The van der Waals surface area contributed by atoms with Crippen LogP contribution in [0.3, 0.4) is 0 Å². The highest BCUT2D eigenvalue weighted by atomic mass is 35.5. The summed E-state index contributed by atoms with van der Waals surface area (Å²) in [6.07, 6.45) is 3.53. The molecule has 1 aliphatic carbocycles. The molecule has 44 heavy (non-hydrogen) atoms. The van der Waals surface area contributed by atoms with E-state index in [0.717, 1.165) is 29.8 Å². The molecular formula is C34H36ClFN6O2. The molecule has 2 unspecified atom stereocenters. The summed E-state index contributed by atoms with van der Waals surface area (Å²) < 4.78 is 16.6. The average Bonchev–Trinajstić information content (AvgIpc) is 3.84. The van der Waals surface area contributed by atoms with Crippen molar-refractivity contribution >= 4 is 34.4 Å². The molecule has 2 atom stereocenters. The molecule has 0 N–H and O–H groups in total. The van der Waals surface area contributed by atoms with Crippen molar-refractivity contribution in [1.29, 1.82) is 0 Å². The van der Waals surface area contributed by atoms with Gasteiger partial charge in [0.2, 0.25) is 5.91 Å². The van der Waals surface area contributed by atoms with Gasteiger partial charge in [0.05, 0.1) is 27.5 Å². The Kier molecular flexibility index (Phi) is 7.78. The van der Waals surface area contributed by atoms with Gasteiger partial charge in [-0.15, -0.1) is 0 Å². The number of halogens is 2. The lowest BCUT2D eigenvalue weighted by atomic mass is 10.0. The first-order valence-corrected chi connectivity index (χ1v) is 15.5. The Hall–Kier alpha value is -4.11. The quantitative estimate of drug-likeness (QED) is 0.229. The number of piperazine rings is 1. The van der Waals surface area contributed by atoms with Gasteiger partial charge in [0.15, 0.2) is 5.65 Å². The Bertz CT molecular complexity index is 1870. The standard InChI is InChI=1S/C34H36ClFN6O2/c1-7-28(43)40-16-21(6)41(17-20(40)5)32-24-15-25(35)30(23-10-8-9-11-26(23)36)38-33(24)42(34(44)39-32)31-19(4)14-27(22-12-13-22)37-29(31)18(2)3/h7-11,14-15,18,20-22H,1,12-13,16-17H2,2-6H3. The van der Waals surface area contributed by atoms with Crippen LogP contribution in [0.1, 0.15) is 69.3 Å². The van der Waals surface area contributed by atoms with Crippen molar-refractivity contribution in [2.45, 2.75) is 71.4 Å². The number of aryl methyl sites for hydroxylation is 1. The molecule has 4 aromatic rings. The van der Waals surface area contributed by atoms with Gasteiger partial charge < -0.3 is 9.80 Å². The smallest absolute Gasteiger partial charge is 0.349 e. The molecule has 228 valence electrons. The predicted octanol–water partition coefficient (Wildman–Crippen LogP) is 6.56.